The summed E-state index contributed by atoms with van der Waals surface area (Å²) in [6, 6.07) is 18.6. The third-order valence-corrected chi connectivity index (χ3v) is 6.89. The van der Waals surface area contributed by atoms with E-state index in [1.807, 2.05) is 54.6 Å². The van der Waals surface area contributed by atoms with Gasteiger partial charge in [0.15, 0.2) is 0 Å². The highest BCUT2D eigenvalue weighted by Gasteiger charge is 2.41. The molecule has 0 aliphatic heterocycles. The molecule has 0 bridgehead atoms. The zero-order valence-corrected chi connectivity index (χ0v) is 24.2. The van der Waals surface area contributed by atoms with Crippen LogP contribution in [0.5, 0.6) is 0 Å². The van der Waals surface area contributed by atoms with Crippen molar-refractivity contribution in [3.63, 3.8) is 0 Å². The summed E-state index contributed by atoms with van der Waals surface area (Å²) in [4.78, 5) is 43.5. The summed E-state index contributed by atoms with van der Waals surface area (Å²) in [5, 5.41) is 6.42. The Balaban J connectivity index is 1.64. The fourth-order valence-electron chi connectivity index (χ4n) is 3.65. The van der Waals surface area contributed by atoms with Crippen LogP contribution in [0.2, 0.25) is 0 Å². The van der Waals surface area contributed by atoms with Gasteiger partial charge in [-0.1, -0.05) is 54.6 Å². The number of likely N-dealkylation sites (N-methyl/N-ethyl adjacent to an activating group) is 1. The number of pyridine rings is 1. The number of aromatic nitrogens is 1. The number of benzene rings is 2. The van der Waals surface area contributed by atoms with Crippen molar-refractivity contribution < 1.29 is 28.6 Å². The molecule has 3 amide bonds. The molecule has 2 atom stereocenters. The largest absolute Gasteiger partial charge is 0.448 e. The normalized spacial score (nSPS) is 13.4. The van der Waals surface area contributed by atoms with Crippen molar-refractivity contribution in [1.82, 2.24) is 15.2 Å². The van der Waals surface area contributed by atoms with Crippen molar-refractivity contribution in [2.45, 2.75) is 50.7 Å². The average Bonchev–Trinajstić information content (AvgIpc) is 2.92. The van der Waals surface area contributed by atoms with Crippen molar-refractivity contribution in [3.8, 4) is 0 Å². The number of hydrogen-bond donors (Lipinski definition) is 3. The van der Waals surface area contributed by atoms with Crippen LogP contribution < -0.4 is 10.6 Å². The van der Waals surface area contributed by atoms with Gasteiger partial charge in [-0.25, -0.2) is 19.4 Å². The van der Waals surface area contributed by atoms with Gasteiger partial charge in [0.25, 0.3) is 0 Å². The second-order valence-corrected chi connectivity index (χ2v) is 11.1. The smallest absolute Gasteiger partial charge is 0.412 e. The molecule has 214 valence electrons. The van der Waals surface area contributed by atoms with Crippen molar-refractivity contribution >= 4 is 47.5 Å². The van der Waals surface area contributed by atoms with Crippen LogP contribution in [0.3, 0.4) is 0 Å². The van der Waals surface area contributed by atoms with Crippen molar-refractivity contribution in [2.75, 3.05) is 25.5 Å². The van der Waals surface area contributed by atoms with E-state index in [2.05, 4.69) is 28.2 Å². The van der Waals surface area contributed by atoms with Crippen LogP contribution in [0.1, 0.15) is 33.3 Å². The van der Waals surface area contributed by atoms with Gasteiger partial charge in [-0.05, 0) is 44.7 Å². The number of rotatable bonds is 9. The molecule has 1 heterocycles. The molecular weight excluding hydrogens is 532 g/mol. The fourth-order valence-corrected chi connectivity index (χ4v) is 3.99. The molecular formula is C29H36N4O6S. The van der Waals surface area contributed by atoms with Crippen molar-refractivity contribution in [2.24, 2.45) is 0 Å². The van der Waals surface area contributed by atoms with Crippen LogP contribution in [0, 0.1) is 0 Å². The van der Waals surface area contributed by atoms with Crippen LogP contribution in [-0.4, -0.2) is 64.8 Å². The van der Waals surface area contributed by atoms with Crippen LogP contribution in [0.15, 0.2) is 66.9 Å². The topological polar surface area (TPSA) is 119 Å². The molecule has 1 aromatic heterocycles. The number of amides is 3. The van der Waals surface area contributed by atoms with Crippen molar-refractivity contribution in [3.05, 3.63) is 72.4 Å². The maximum Gasteiger partial charge on any atom is 0.412 e. The van der Waals surface area contributed by atoms with E-state index in [9.17, 15) is 14.4 Å². The number of ether oxygens (including phenoxy) is 3. The third-order valence-electron chi connectivity index (χ3n) is 6.19. The number of alkyl carbamates (subject to hydrolysis) is 1. The van der Waals surface area contributed by atoms with E-state index in [4.69, 9.17) is 14.2 Å². The lowest BCUT2D eigenvalue weighted by Crippen LogP contribution is -2.61. The number of thiol groups is 1. The summed E-state index contributed by atoms with van der Waals surface area (Å²) >= 11 is 4.65. The highest BCUT2D eigenvalue weighted by atomic mass is 32.1. The zero-order chi connectivity index (χ0) is 29.3. The molecule has 0 aliphatic rings. The molecule has 0 fully saturated rings. The highest BCUT2D eigenvalue weighted by molar-refractivity contribution is 7.81. The Kier molecular flexibility index (Phi) is 10.2. The Morgan fingerprint density at radius 2 is 1.60 bits per heavy atom. The SMILES string of the molecule is CN(C(=O)OC(C)(C)C)[C@](C)(CNC(=O)OCc1ccccc1)C(S)COC(=O)Nc1cc2ccccc2cn1. The summed E-state index contributed by atoms with van der Waals surface area (Å²) in [5.74, 6) is 0.330. The van der Waals surface area contributed by atoms with Gasteiger partial charge in [0.1, 0.15) is 24.6 Å². The minimum absolute atomic E-state index is 0.0538. The van der Waals surface area contributed by atoms with Gasteiger partial charge >= 0.3 is 18.3 Å². The van der Waals surface area contributed by atoms with E-state index in [1.165, 1.54) is 11.9 Å². The Morgan fingerprint density at radius 3 is 2.27 bits per heavy atom. The molecule has 0 spiro atoms. The maximum atomic E-state index is 12.9. The Morgan fingerprint density at radius 1 is 0.950 bits per heavy atom. The van der Waals surface area contributed by atoms with Gasteiger partial charge in [0.2, 0.25) is 0 Å². The first-order valence-corrected chi connectivity index (χ1v) is 13.3. The third kappa shape index (κ3) is 8.77. The predicted octanol–water partition coefficient (Wildman–Crippen LogP) is 5.63. The van der Waals surface area contributed by atoms with Gasteiger partial charge < -0.3 is 24.4 Å². The van der Waals surface area contributed by atoms with Crippen LogP contribution >= 0.6 is 12.6 Å². The molecule has 2 aromatic carbocycles. The van der Waals surface area contributed by atoms with E-state index in [0.29, 0.717) is 5.82 Å². The molecule has 10 nitrogen and oxygen atoms in total. The number of nitrogens with zero attached hydrogens (tertiary/aromatic N) is 2. The van der Waals surface area contributed by atoms with Gasteiger partial charge in [0.05, 0.1) is 10.8 Å². The number of carbonyl (C=O) groups excluding carboxylic acids is 3. The summed E-state index contributed by atoms with van der Waals surface area (Å²) in [6.07, 6.45) is -0.381. The molecule has 1 unspecified atom stereocenters. The molecule has 40 heavy (non-hydrogen) atoms. The lowest BCUT2D eigenvalue weighted by atomic mass is 9.95. The number of fused-ring (bicyclic) bond motifs is 1. The van der Waals surface area contributed by atoms with E-state index in [-0.39, 0.29) is 19.8 Å². The Labute approximate surface area is 239 Å². The minimum atomic E-state index is -1.14. The quantitative estimate of drug-likeness (QED) is 0.226. The van der Waals surface area contributed by atoms with Gasteiger partial charge in [0, 0.05) is 25.2 Å². The second kappa shape index (κ2) is 13.4. The standard InChI is InChI=1S/C29H36N4O6S/c1-28(2,3)39-27(36)33(5)29(4,19-31-25(34)37-17-20-11-7-6-8-12-20)23(40)18-38-26(35)32-24-15-21-13-9-10-14-22(21)16-30-24/h6-16,23,40H,17-19H2,1-5H3,(H,31,34)(H,30,32,35)/t23?,29-/m1/s1. The van der Waals surface area contributed by atoms with E-state index in [1.54, 1.807) is 40.0 Å². The first kappa shape index (κ1) is 30.6. The summed E-state index contributed by atoms with van der Waals surface area (Å²) in [7, 11) is 1.54. The molecule has 0 radical (unpaired) electrons. The van der Waals surface area contributed by atoms with Crippen LogP contribution in [-0.2, 0) is 20.8 Å². The first-order chi connectivity index (χ1) is 18.9. The summed E-state index contributed by atoms with van der Waals surface area (Å²) in [5.41, 5.74) is -1.05. The van der Waals surface area contributed by atoms with Gasteiger partial charge in [-0.3, -0.25) is 5.32 Å². The summed E-state index contributed by atoms with van der Waals surface area (Å²) < 4.78 is 16.3. The molecule has 2 N–H and O–H groups in total. The zero-order valence-electron chi connectivity index (χ0n) is 23.3. The number of carbonyl (C=O) groups is 3. The minimum Gasteiger partial charge on any atom is -0.448 e. The molecule has 3 rings (SSSR count). The number of nitrogens with one attached hydrogen (secondary N) is 2. The molecule has 0 saturated carbocycles. The Bertz CT molecular complexity index is 1320. The first-order valence-electron chi connectivity index (χ1n) is 12.8. The molecule has 3 aromatic rings. The molecule has 0 saturated heterocycles. The highest BCUT2D eigenvalue weighted by Crippen LogP contribution is 2.25. The van der Waals surface area contributed by atoms with E-state index in [0.717, 1.165) is 16.3 Å². The van der Waals surface area contributed by atoms with Crippen molar-refractivity contribution in [1.29, 1.82) is 0 Å². The lowest BCUT2D eigenvalue weighted by Gasteiger charge is -2.42. The molecule has 11 heteroatoms. The number of hydrogen-bond acceptors (Lipinski definition) is 8. The predicted molar refractivity (Wildman–Crippen MR) is 157 cm³/mol. The average molecular weight is 569 g/mol. The van der Waals surface area contributed by atoms with Gasteiger partial charge in [-0.2, -0.15) is 12.6 Å². The fraction of sp³-hybridized carbons (Fsp3) is 0.379. The van der Waals surface area contributed by atoms with E-state index < -0.39 is 34.7 Å². The second-order valence-electron chi connectivity index (χ2n) is 10.5. The maximum absolute atomic E-state index is 12.9. The van der Waals surface area contributed by atoms with Crippen LogP contribution in [0.4, 0.5) is 20.2 Å². The van der Waals surface area contributed by atoms with E-state index >= 15 is 0 Å². The number of anilines is 1. The van der Waals surface area contributed by atoms with Gasteiger partial charge in [-0.15, -0.1) is 0 Å². The monoisotopic (exact) mass is 568 g/mol. The summed E-state index contributed by atoms with van der Waals surface area (Å²) in [6.45, 7) is 6.81. The molecule has 0 aliphatic carbocycles. The lowest BCUT2D eigenvalue weighted by molar-refractivity contribution is 0.00466. The van der Waals surface area contributed by atoms with Crippen LogP contribution in [0.25, 0.3) is 10.8 Å². The Hall–Kier alpha value is -3.99.